The van der Waals surface area contributed by atoms with Gasteiger partial charge in [-0.2, -0.15) is 0 Å². The van der Waals surface area contributed by atoms with Gasteiger partial charge >= 0.3 is 0 Å². The van der Waals surface area contributed by atoms with Gasteiger partial charge < -0.3 is 26.6 Å². The molecule has 0 fully saturated rings. The van der Waals surface area contributed by atoms with Crippen molar-refractivity contribution in [3.63, 3.8) is 0 Å². The van der Waals surface area contributed by atoms with Crippen LogP contribution in [0.4, 0.5) is 5.82 Å². The fraction of sp³-hybridized carbons (Fsp3) is 0.400. The Balaban J connectivity index is 1.91. The number of anilines is 1. The third-order valence-corrected chi connectivity index (χ3v) is 2.89. The van der Waals surface area contributed by atoms with E-state index in [-0.39, 0.29) is 24.9 Å². The number of nitrogens with two attached hydrogens (primary N) is 2. The lowest BCUT2D eigenvalue weighted by atomic mass is 10.3. The third-order valence-electron chi connectivity index (χ3n) is 2.89. The summed E-state index contributed by atoms with van der Waals surface area (Å²) < 4.78 is 7.36. The summed E-state index contributed by atoms with van der Waals surface area (Å²) in [6.07, 6.45) is 4.07. The number of imidazole rings is 1. The molecule has 3 atom stereocenters. The van der Waals surface area contributed by atoms with E-state index in [1.807, 2.05) is 6.08 Å². The number of rotatable bonds is 2. The molecule has 8 nitrogen and oxygen atoms in total. The zero-order valence-corrected chi connectivity index (χ0v) is 9.52. The number of fused-ring (bicyclic) bond motifs is 1. The van der Waals surface area contributed by atoms with E-state index in [1.54, 1.807) is 17.0 Å². The number of guanidine groups is 1. The molecule has 8 heteroatoms. The molecule has 18 heavy (non-hydrogen) atoms. The van der Waals surface area contributed by atoms with E-state index in [0.717, 1.165) is 0 Å². The fourth-order valence-electron chi connectivity index (χ4n) is 2.03. The smallest absolute Gasteiger partial charge is 0.196 e. The van der Waals surface area contributed by atoms with Crippen LogP contribution in [-0.2, 0) is 4.74 Å². The lowest BCUT2D eigenvalue weighted by Gasteiger charge is -2.21. The Morgan fingerprint density at radius 1 is 1.50 bits per heavy atom. The molecule has 3 rings (SSSR count). The number of hydrogen-bond acceptors (Lipinski definition) is 7. The van der Waals surface area contributed by atoms with Crippen molar-refractivity contribution < 1.29 is 9.84 Å². The van der Waals surface area contributed by atoms with Gasteiger partial charge in [-0.15, -0.1) is 0 Å². The number of ether oxygens (including phenoxy) is 1. The van der Waals surface area contributed by atoms with Crippen molar-refractivity contribution in [1.82, 2.24) is 9.55 Å². The number of aliphatic imine (C=N–C) groups is 1. The van der Waals surface area contributed by atoms with Crippen LogP contribution >= 0.6 is 0 Å². The summed E-state index contributed by atoms with van der Waals surface area (Å²) in [4.78, 5) is 8.19. The zero-order chi connectivity index (χ0) is 12.7. The summed E-state index contributed by atoms with van der Waals surface area (Å²) in [5.41, 5.74) is 12.1. The van der Waals surface area contributed by atoms with Crippen LogP contribution in [0.1, 0.15) is 18.1 Å². The second-order valence-electron chi connectivity index (χ2n) is 4.10. The van der Waals surface area contributed by atoms with E-state index in [9.17, 15) is 0 Å². The number of aliphatic hydroxyl groups is 1. The van der Waals surface area contributed by atoms with E-state index in [0.29, 0.717) is 11.5 Å². The molecule has 0 bridgehead atoms. The van der Waals surface area contributed by atoms with Crippen LogP contribution in [0.15, 0.2) is 23.5 Å². The van der Waals surface area contributed by atoms with Crippen molar-refractivity contribution in [3.05, 3.63) is 24.2 Å². The van der Waals surface area contributed by atoms with E-state index in [4.69, 9.17) is 21.3 Å². The van der Waals surface area contributed by atoms with Crippen LogP contribution in [0, 0.1) is 0 Å². The van der Waals surface area contributed by atoms with E-state index >= 15 is 0 Å². The molecule has 0 amide bonds. The maximum Gasteiger partial charge on any atom is 0.196 e. The first-order chi connectivity index (χ1) is 8.69. The van der Waals surface area contributed by atoms with Crippen molar-refractivity contribution in [2.24, 2.45) is 16.5 Å². The Bertz CT molecular complexity index is 522. The lowest BCUT2D eigenvalue weighted by molar-refractivity contribution is -0.00711. The van der Waals surface area contributed by atoms with Gasteiger partial charge in [0, 0.05) is 0 Å². The number of aromatic nitrogens is 2. The minimum Gasteiger partial charge on any atom is -0.393 e. The van der Waals surface area contributed by atoms with Gasteiger partial charge in [-0.1, -0.05) is 6.08 Å². The molecule has 1 aromatic heterocycles. The van der Waals surface area contributed by atoms with Crippen molar-refractivity contribution in [2.45, 2.75) is 18.5 Å². The number of aliphatic hydroxyl groups excluding tert-OH is 1. The second-order valence-corrected chi connectivity index (χ2v) is 4.10. The Labute approximate surface area is 103 Å². The topological polar surface area (TPSA) is 124 Å². The summed E-state index contributed by atoms with van der Waals surface area (Å²) in [5, 5.41) is 11.9. The monoisotopic (exact) mass is 250 g/mol. The molecule has 0 aromatic carbocycles. The van der Waals surface area contributed by atoms with Crippen LogP contribution in [0.3, 0.4) is 0 Å². The maximum absolute atomic E-state index is 9.03. The minimum atomic E-state index is -0.568. The molecular formula is C10H14N6O2. The Morgan fingerprint density at radius 3 is 3.06 bits per heavy atom. The average molecular weight is 250 g/mol. The Hall–Kier alpha value is -1.90. The van der Waals surface area contributed by atoms with Gasteiger partial charge in [0.05, 0.1) is 12.9 Å². The summed E-state index contributed by atoms with van der Waals surface area (Å²) in [6, 6.07) is 0. The highest BCUT2D eigenvalue weighted by atomic mass is 16.5. The second kappa shape index (κ2) is 4.09. The molecule has 0 aliphatic carbocycles. The molecule has 2 aliphatic rings. The van der Waals surface area contributed by atoms with Gasteiger partial charge in [-0.05, 0) is 6.08 Å². The van der Waals surface area contributed by atoms with Crippen molar-refractivity contribution in [1.29, 1.82) is 0 Å². The molecule has 0 saturated heterocycles. The third kappa shape index (κ3) is 1.67. The molecule has 0 radical (unpaired) electrons. The summed E-state index contributed by atoms with van der Waals surface area (Å²) >= 11 is 0. The standard InChI is InChI=1S/C10H14N6O2/c11-8-7-9(15-10(12)14-8)16(4-13-7)6-2-1-5(3-17)18-6/h1-2,4-6,8,17H,3,11H2,(H3,12,14,15)/t5-,6+,8?/m0/s1. The lowest BCUT2D eigenvalue weighted by Crippen LogP contribution is -2.32. The van der Waals surface area contributed by atoms with Gasteiger partial charge in [0.1, 0.15) is 23.8 Å². The first kappa shape index (κ1) is 11.2. The predicted molar refractivity (Wildman–Crippen MR) is 64.5 cm³/mol. The molecule has 96 valence electrons. The molecule has 2 aliphatic heterocycles. The minimum absolute atomic E-state index is 0.0551. The first-order valence-electron chi connectivity index (χ1n) is 5.56. The SMILES string of the molecule is NC1=NC(N)c2ncn([C@H]3C=C[C@@H](CO)O3)c2N1. The molecule has 1 unspecified atom stereocenters. The van der Waals surface area contributed by atoms with Crippen LogP contribution in [0.25, 0.3) is 0 Å². The summed E-state index contributed by atoms with van der Waals surface area (Å²) in [6.45, 7) is -0.0551. The summed E-state index contributed by atoms with van der Waals surface area (Å²) in [5.74, 6) is 0.917. The van der Waals surface area contributed by atoms with Crippen LogP contribution in [0.2, 0.25) is 0 Å². The highest BCUT2D eigenvalue weighted by Gasteiger charge is 2.27. The average Bonchev–Trinajstić information content (AvgIpc) is 2.93. The van der Waals surface area contributed by atoms with E-state index < -0.39 is 6.17 Å². The van der Waals surface area contributed by atoms with Gasteiger partial charge in [-0.25, -0.2) is 9.98 Å². The zero-order valence-electron chi connectivity index (χ0n) is 9.52. The molecule has 0 spiro atoms. The van der Waals surface area contributed by atoms with Gasteiger partial charge in [0.25, 0.3) is 0 Å². The normalized spacial score (nSPS) is 29.9. The van der Waals surface area contributed by atoms with Gasteiger partial charge in [0.2, 0.25) is 0 Å². The van der Waals surface area contributed by atoms with E-state index in [2.05, 4.69) is 15.3 Å². The van der Waals surface area contributed by atoms with Crippen molar-refractivity contribution in [3.8, 4) is 0 Å². The highest BCUT2D eigenvalue weighted by Crippen LogP contribution is 2.30. The number of nitrogens with zero attached hydrogens (tertiary/aromatic N) is 3. The van der Waals surface area contributed by atoms with Gasteiger partial charge in [-0.3, -0.25) is 4.57 Å². The van der Waals surface area contributed by atoms with Crippen LogP contribution in [-0.4, -0.2) is 33.3 Å². The van der Waals surface area contributed by atoms with Crippen LogP contribution < -0.4 is 16.8 Å². The molecular weight excluding hydrogens is 236 g/mol. The van der Waals surface area contributed by atoms with Crippen LogP contribution in [0.5, 0.6) is 0 Å². The molecule has 3 heterocycles. The van der Waals surface area contributed by atoms with Crippen molar-refractivity contribution in [2.75, 3.05) is 11.9 Å². The number of hydrogen-bond donors (Lipinski definition) is 4. The maximum atomic E-state index is 9.03. The fourth-order valence-corrected chi connectivity index (χ4v) is 2.03. The highest BCUT2D eigenvalue weighted by molar-refractivity contribution is 5.93. The Kier molecular flexibility index (Phi) is 2.54. The predicted octanol–water partition coefficient (Wildman–Crippen LogP) is -0.973. The Morgan fingerprint density at radius 2 is 2.33 bits per heavy atom. The molecule has 0 saturated carbocycles. The largest absolute Gasteiger partial charge is 0.393 e. The summed E-state index contributed by atoms with van der Waals surface area (Å²) in [7, 11) is 0. The first-order valence-corrected chi connectivity index (χ1v) is 5.56. The van der Waals surface area contributed by atoms with Gasteiger partial charge in [0.15, 0.2) is 12.2 Å². The van der Waals surface area contributed by atoms with E-state index in [1.165, 1.54) is 0 Å². The van der Waals surface area contributed by atoms with Crippen molar-refractivity contribution >= 4 is 11.8 Å². The molecule has 1 aromatic rings. The number of nitrogens with one attached hydrogen (secondary N) is 1. The quantitative estimate of drug-likeness (QED) is 0.500. The molecule has 6 N–H and O–H groups in total.